The van der Waals surface area contributed by atoms with E-state index < -0.39 is 11.7 Å². The molecule has 1 N–H and O–H groups in total. The Labute approximate surface area is 205 Å². The maximum atomic E-state index is 13.3. The van der Waals surface area contributed by atoms with E-state index in [0.717, 1.165) is 43.4 Å². The first-order valence-electron chi connectivity index (χ1n) is 11.1. The average Bonchev–Trinajstić information content (AvgIpc) is 2.81. The number of hydrogen-bond donors (Lipinski definition) is 1. The van der Waals surface area contributed by atoms with Gasteiger partial charge in [0.2, 0.25) is 5.91 Å². The van der Waals surface area contributed by atoms with Gasteiger partial charge in [-0.25, -0.2) is 0 Å². The van der Waals surface area contributed by atoms with Gasteiger partial charge in [0.15, 0.2) is 0 Å². The number of benzene rings is 2. The zero-order valence-corrected chi connectivity index (χ0v) is 19.8. The molecule has 0 aromatic heterocycles. The number of fused-ring (bicyclic) bond motifs is 1. The number of rotatable bonds is 5. The van der Waals surface area contributed by atoms with Gasteiger partial charge in [0.25, 0.3) is 5.91 Å². The molecule has 4 nitrogen and oxygen atoms in total. The van der Waals surface area contributed by atoms with Gasteiger partial charge in [0.05, 0.1) is 10.5 Å². The Balaban J connectivity index is 1.48. The van der Waals surface area contributed by atoms with Crippen LogP contribution in [-0.4, -0.2) is 34.6 Å². The molecule has 1 aliphatic heterocycles. The molecule has 180 valence electrons. The van der Waals surface area contributed by atoms with E-state index in [1.165, 1.54) is 23.9 Å². The molecule has 0 spiro atoms. The molecule has 2 aliphatic rings. The second-order valence-electron chi connectivity index (χ2n) is 8.47. The van der Waals surface area contributed by atoms with Crippen LogP contribution in [0.3, 0.4) is 0 Å². The van der Waals surface area contributed by atoms with E-state index in [9.17, 15) is 22.8 Å². The second-order valence-corrected chi connectivity index (χ2v) is 10.2. The molecule has 4 rings (SSSR count). The SMILES string of the molecule is O=C(CN1C(=O)/C(=C/c2ccc(C(F)(F)F)cc2)SC2CCCCC21)NCc1ccc(Cl)cc1. The van der Waals surface area contributed by atoms with Gasteiger partial charge in [-0.1, -0.05) is 48.7 Å². The van der Waals surface area contributed by atoms with Crippen molar-refractivity contribution in [2.45, 2.75) is 49.7 Å². The number of nitrogens with one attached hydrogen (secondary N) is 1. The third kappa shape index (κ3) is 5.96. The minimum Gasteiger partial charge on any atom is -0.350 e. The highest BCUT2D eigenvalue weighted by Crippen LogP contribution is 2.42. The number of carbonyl (C=O) groups is 2. The highest BCUT2D eigenvalue weighted by molar-refractivity contribution is 8.04. The van der Waals surface area contributed by atoms with Crippen molar-refractivity contribution in [2.24, 2.45) is 0 Å². The maximum absolute atomic E-state index is 13.3. The van der Waals surface area contributed by atoms with Gasteiger partial charge >= 0.3 is 6.18 Å². The number of nitrogens with zero attached hydrogens (tertiary/aromatic N) is 1. The van der Waals surface area contributed by atoms with E-state index in [1.54, 1.807) is 23.1 Å². The molecule has 2 atom stereocenters. The van der Waals surface area contributed by atoms with Crippen molar-refractivity contribution in [3.05, 3.63) is 75.1 Å². The van der Waals surface area contributed by atoms with Crippen molar-refractivity contribution in [3.8, 4) is 0 Å². The number of hydrogen-bond acceptors (Lipinski definition) is 3. The van der Waals surface area contributed by atoms with Crippen LogP contribution < -0.4 is 5.32 Å². The van der Waals surface area contributed by atoms with Crippen molar-refractivity contribution in [2.75, 3.05) is 6.54 Å². The van der Waals surface area contributed by atoms with E-state index in [0.29, 0.717) is 22.0 Å². The van der Waals surface area contributed by atoms with Gasteiger partial charge in [-0.05, 0) is 54.3 Å². The lowest BCUT2D eigenvalue weighted by Gasteiger charge is -2.43. The summed E-state index contributed by atoms with van der Waals surface area (Å²) in [6.45, 7) is 0.271. The van der Waals surface area contributed by atoms with Gasteiger partial charge in [-0.2, -0.15) is 13.2 Å². The van der Waals surface area contributed by atoms with Gasteiger partial charge < -0.3 is 10.2 Å². The third-order valence-corrected chi connectivity index (χ3v) is 7.72. The summed E-state index contributed by atoms with van der Waals surface area (Å²) in [7, 11) is 0. The van der Waals surface area contributed by atoms with Crippen LogP contribution in [0.4, 0.5) is 13.2 Å². The zero-order valence-electron chi connectivity index (χ0n) is 18.3. The van der Waals surface area contributed by atoms with Gasteiger partial charge in [-0.3, -0.25) is 9.59 Å². The predicted octanol–water partition coefficient (Wildman–Crippen LogP) is 5.90. The molecule has 2 unspecified atom stereocenters. The standard InChI is InChI=1S/C25H24ClF3N2O2S/c26-19-11-7-17(8-12-19)14-30-23(32)15-31-20-3-1-2-4-21(20)34-22(24(31)33)13-16-5-9-18(10-6-16)25(27,28)29/h5-13,20-21H,1-4,14-15H2,(H,30,32)/b22-13-. The molecule has 0 radical (unpaired) electrons. The van der Waals surface area contributed by atoms with E-state index in [2.05, 4.69) is 5.32 Å². The first-order chi connectivity index (χ1) is 16.2. The molecular weight excluding hydrogens is 485 g/mol. The van der Waals surface area contributed by atoms with Crippen LogP contribution in [0.1, 0.15) is 42.4 Å². The smallest absolute Gasteiger partial charge is 0.350 e. The Kier molecular flexibility index (Phi) is 7.57. The zero-order chi connectivity index (χ0) is 24.3. The normalized spacial score (nSPS) is 21.9. The highest BCUT2D eigenvalue weighted by atomic mass is 35.5. The lowest BCUT2D eigenvalue weighted by atomic mass is 9.93. The fraction of sp³-hybridized carbons (Fsp3) is 0.360. The second kappa shape index (κ2) is 10.4. The van der Waals surface area contributed by atoms with Crippen LogP contribution in [0, 0.1) is 0 Å². The Hall–Kier alpha value is -2.45. The summed E-state index contributed by atoms with van der Waals surface area (Å²) in [6.07, 6.45) is 1.02. The predicted molar refractivity (Wildman–Crippen MR) is 128 cm³/mol. The fourth-order valence-electron chi connectivity index (χ4n) is 4.29. The first-order valence-corrected chi connectivity index (χ1v) is 12.3. The van der Waals surface area contributed by atoms with Crippen molar-refractivity contribution in [1.29, 1.82) is 0 Å². The number of halogens is 4. The van der Waals surface area contributed by atoms with Crippen LogP contribution in [0.15, 0.2) is 53.4 Å². The third-order valence-electron chi connectivity index (χ3n) is 6.07. The lowest BCUT2D eigenvalue weighted by molar-refractivity contribution is -0.137. The molecule has 9 heteroatoms. The summed E-state index contributed by atoms with van der Waals surface area (Å²) in [5.74, 6) is -0.511. The summed E-state index contributed by atoms with van der Waals surface area (Å²) in [5, 5.41) is 3.63. The highest BCUT2D eigenvalue weighted by Gasteiger charge is 2.41. The summed E-state index contributed by atoms with van der Waals surface area (Å²) in [6, 6.07) is 11.9. The first kappa shape index (κ1) is 24.7. The molecule has 2 aromatic carbocycles. The van der Waals surface area contributed by atoms with E-state index in [4.69, 9.17) is 11.6 Å². The van der Waals surface area contributed by atoms with Crippen molar-refractivity contribution < 1.29 is 22.8 Å². The summed E-state index contributed by atoms with van der Waals surface area (Å²) >= 11 is 7.37. The van der Waals surface area contributed by atoms with Gasteiger partial charge in [-0.15, -0.1) is 11.8 Å². The number of amides is 2. The number of alkyl halides is 3. The van der Waals surface area contributed by atoms with E-state index >= 15 is 0 Å². The topological polar surface area (TPSA) is 49.4 Å². The average molecular weight is 509 g/mol. The van der Waals surface area contributed by atoms with Crippen molar-refractivity contribution in [3.63, 3.8) is 0 Å². The quantitative estimate of drug-likeness (QED) is 0.511. The Morgan fingerprint density at radius 3 is 2.44 bits per heavy atom. The number of carbonyl (C=O) groups excluding carboxylic acids is 2. The van der Waals surface area contributed by atoms with Crippen LogP contribution in [0.2, 0.25) is 5.02 Å². The van der Waals surface area contributed by atoms with Gasteiger partial charge in [0.1, 0.15) is 6.54 Å². The molecule has 2 fully saturated rings. The Morgan fingerprint density at radius 2 is 1.76 bits per heavy atom. The van der Waals surface area contributed by atoms with E-state index in [-0.39, 0.29) is 29.7 Å². The van der Waals surface area contributed by atoms with Crippen LogP contribution in [0.5, 0.6) is 0 Å². The molecule has 1 saturated heterocycles. The molecule has 1 aliphatic carbocycles. The molecule has 1 saturated carbocycles. The largest absolute Gasteiger partial charge is 0.416 e. The molecule has 2 aromatic rings. The molecular formula is C25H24ClF3N2O2S. The lowest BCUT2D eigenvalue weighted by Crippen LogP contribution is -2.54. The van der Waals surface area contributed by atoms with Crippen LogP contribution >= 0.6 is 23.4 Å². The minimum atomic E-state index is -4.41. The summed E-state index contributed by atoms with van der Waals surface area (Å²) in [4.78, 5) is 28.1. The summed E-state index contributed by atoms with van der Waals surface area (Å²) in [5.41, 5.74) is 0.686. The monoisotopic (exact) mass is 508 g/mol. The molecule has 2 amide bonds. The van der Waals surface area contributed by atoms with Crippen LogP contribution in [0.25, 0.3) is 6.08 Å². The minimum absolute atomic E-state index is 0.0303. The van der Waals surface area contributed by atoms with Crippen molar-refractivity contribution >= 4 is 41.3 Å². The van der Waals surface area contributed by atoms with Crippen LogP contribution in [-0.2, 0) is 22.3 Å². The van der Waals surface area contributed by atoms with Gasteiger partial charge in [0, 0.05) is 22.9 Å². The van der Waals surface area contributed by atoms with Crippen molar-refractivity contribution in [1.82, 2.24) is 10.2 Å². The maximum Gasteiger partial charge on any atom is 0.416 e. The van der Waals surface area contributed by atoms with E-state index in [1.807, 2.05) is 12.1 Å². The number of thioether (sulfide) groups is 1. The molecule has 34 heavy (non-hydrogen) atoms. The molecule has 0 bridgehead atoms. The Morgan fingerprint density at radius 1 is 1.09 bits per heavy atom. The summed E-state index contributed by atoms with van der Waals surface area (Å²) < 4.78 is 38.6. The fourth-order valence-corrected chi connectivity index (χ4v) is 5.89. The molecule has 1 heterocycles. The Bertz CT molecular complexity index is 1070.